The van der Waals surface area contributed by atoms with E-state index in [4.69, 9.17) is 10.00 Å². The van der Waals surface area contributed by atoms with Crippen molar-refractivity contribution in [3.63, 3.8) is 0 Å². The number of hydrogen-bond donors (Lipinski definition) is 1. The summed E-state index contributed by atoms with van der Waals surface area (Å²) in [5.74, 6) is 0. The number of nitrogens with one attached hydrogen (secondary N) is 1. The molecule has 0 aromatic heterocycles. The van der Waals surface area contributed by atoms with E-state index < -0.39 is 4.92 Å². The van der Waals surface area contributed by atoms with Crippen LogP contribution in [0.4, 0.5) is 11.4 Å². The molecule has 0 saturated heterocycles. The van der Waals surface area contributed by atoms with Gasteiger partial charge in [0, 0.05) is 32.0 Å². The number of nitro groups is 1. The van der Waals surface area contributed by atoms with Crippen molar-refractivity contribution in [2.75, 3.05) is 25.6 Å². The summed E-state index contributed by atoms with van der Waals surface area (Å²) in [4.78, 5) is 10.1. The van der Waals surface area contributed by atoms with E-state index in [2.05, 4.69) is 5.32 Å². The average molecular weight is 263 g/mol. The molecule has 102 valence electrons. The highest BCUT2D eigenvalue weighted by Gasteiger charge is 2.13. The van der Waals surface area contributed by atoms with Crippen molar-refractivity contribution in [2.24, 2.45) is 0 Å². The number of anilines is 1. The molecular formula is C13H17N3O3. The fraction of sp³-hybridized carbons (Fsp3) is 0.462. The lowest BCUT2D eigenvalue weighted by atomic mass is 10.1. The first-order chi connectivity index (χ1) is 9.19. The molecule has 1 rings (SSSR count). The summed E-state index contributed by atoms with van der Waals surface area (Å²) < 4.78 is 4.95. The van der Waals surface area contributed by atoms with Gasteiger partial charge < -0.3 is 10.1 Å². The van der Waals surface area contributed by atoms with Gasteiger partial charge in [0.05, 0.1) is 4.92 Å². The Labute approximate surface area is 112 Å². The Morgan fingerprint density at radius 3 is 2.84 bits per heavy atom. The predicted octanol–water partition coefficient (Wildman–Crippen LogP) is 2.70. The number of nitriles is 1. The van der Waals surface area contributed by atoms with Gasteiger partial charge in [-0.25, -0.2) is 0 Å². The third kappa shape index (κ3) is 4.94. The van der Waals surface area contributed by atoms with Crippen LogP contribution in [0.2, 0.25) is 0 Å². The fourth-order valence-corrected chi connectivity index (χ4v) is 1.68. The molecule has 6 nitrogen and oxygen atoms in total. The zero-order valence-corrected chi connectivity index (χ0v) is 10.9. The smallest absolute Gasteiger partial charge is 0.287 e. The van der Waals surface area contributed by atoms with E-state index in [0.717, 1.165) is 38.1 Å². The number of ether oxygens (including phenoxy) is 1. The molecular weight excluding hydrogens is 246 g/mol. The van der Waals surface area contributed by atoms with Crippen molar-refractivity contribution in [1.82, 2.24) is 0 Å². The highest BCUT2D eigenvalue weighted by atomic mass is 16.6. The first kappa shape index (κ1) is 14.9. The van der Waals surface area contributed by atoms with Gasteiger partial charge in [0.15, 0.2) is 0 Å². The number of nitro benzene ring substituents is 1. The van der Waals surface area contributed by atoms with Gasteiger partial charge in [0.2, 0.25) is 0 Å². The second kappa shape index (κ2) is 8.06. The Hall–Kier alpha value is -2.13. The van der Waals surface area contributed by atoms with E-state index in [9.17, 15) is 10.1 Å². The van der Waals surface area contributed by atoms with Crippen LogP contribution in [0.15, 0.2) is 18.2 Å². The summed E-state index contributed by atoms with van der Waals surface area (Å²) in [6.45, 7) is 1.53. The van der Waals surface area contributed by atoms with Crippen LogP contribution in [-0.4, -0.2) is 25.2 Å². The molecule has 1 aromatic rings. The summed E-state index contributed by atoms with van der Waals surface area (Å²) in [7, 11) is 1.68. The predicted molar refractivity (Wildman–Crippen MR) is 72.0 cm³/mol. The number of benzene rings is 1. The molecule has 0 spiro atoms. The zero-order valence-electron chi connectivity index (χ0n) is 10.9. The Balaban J connectivity index is 2.47. The molecule has 0 bridgehead atoms. The van der Waals surface area contributed by atoms with Crippen LogP contribution in [0.1, 0.15) is 24.8 Å². The van der Waals surface area contributed by atoms with Gasteiger partial charge in [0.1, 0.15) is 11.6 Å². The van der Waals surface area contributed by atoms with Crippen LogP contribution in [0.3, 0.4) is 0 Å². The van der Waals surface area contributed by atoms with E-state index in [1.807, 2.05) is 6.07 Å². The quantitative estimate of drug-likeness (QED) is 0.442. The minimum Gasteiger partial charge on any atom is -0.385 e. The molecule has 0 amide bonds. The molecule has 0 aliphatic rings. The van der Waals surface area contributed by atoms with Gasteiger partial charge in [-0.05, 0) is 31.4 Å². The molecule has 0 aliphatic carbocycles. The lowest BCUT2D eigenvalue weighted by molar-refractivity contribution is -0.385. The van der Waals surface area contributed by atoms with Gasteiger partial charge in [0.25, 0.3) is 5.69 Å². The Morgan fingerprint density at radius 2 is 2.21 bits per heavy atom. The van der Waals surface area contributed by atoms with E-state index >= 15 is 0 Å². The summed E-state index contributed by atoms with van der Waals surface area (Å²) in [6, 6.07) is 6.32. The zero-order chi connectivity index (χ0) is 14.1. The van der Waals surface area contributed by atoms with Crippen molar-refractivity contribution in [1.29, 1.82) is 5.26 Å². The van der Waals surface area contributed by atoms with E-state index in [1.54, 1.807) is 13.2 Å². The Bertz CT molecular complexity index is 469. The van der Waals surface area contributed by atoms with Gasteiger partial charge in [-0.2, -0.15) is 5.26 Å². The van der Waals surface area contributed by atoms with Crippen LogP contribution in [-0.2, 0) is 4.74 Å². The van der Waals surface area contributed by atoms with Crippen LogP contribution in [0.5, 0.6) is 0 Å². The molecule has 1 aromatic carbocycles. The van der Waals surface area contributed by atoms with E-state index in [-0.39, 0.29) is 11.3 Å². The average Bonchev–Trinajstić information content (AvgIpc) is 2.42. The molecule has 19 heavy (non-hydrogen) atoms. The number of nitrogens with zero attached hydrogens (tertiary/aromatic N) is 2. The molecule has 0 radical (unpaired) electrons. The molecule has 0 fully saturated rings. The maximum absolute atomic E-state index is 10.7. The van der Waals surface area contributed by atoms with Crippen LogP contribution < -0.4 is 5.32 Å². The summed E-state index contributed by atoms with van der Waals surface area (Å²) in [6.07, 6.45) is 3.06. The molecule has 0 aliphatic heterocycles. The van der Waals surface area contributed by atoms with Gasteiger partial charge in [-0.3, -0.25) is 10.1 Å². The third-order valence-corrected chi connectivity index (χ3v) is 2.67. The molecule has 0 unspecified atom stereocenters. The number of methoxy groups -OCH3 is 1. The Morgan fingerprint density at radius 1 is 1.42 bits per heavy atom. The van der Waals surface area contributed by atoms with Gasteiger partial charge in [-0.15, -0.1) is 0 Å². The van der Waals surface area contributed by atoms with Gasteiger partial charge >= 0.3 is 0 Å². The summed E-state index contributed by atoms with van der Waals surface area (Å²) in [5.41, 5.74) is 0.649. The molecule has 0 heterocycles. The van der Waals surface area contributed by atoms with Crippen LogP contribution >= 0.6 is 0 Å². The van der Waals surface area contributed by atoms with Crippen molar-refractivity contribution < 1.29 is 9.66 Å². The summed E-state index contributed by atoms with van der Waals surface area (Å²) in [5, 5.41) is 22.7. The first-order valence-electron chi connectivity index (χ1n) is 6.10. The van der Waals surface area contributed by atoms with Crippen LogP contribution in [0, 0.1) is 21.4 Å². The molecule has 0 saturated carbocycles. The Kier molecular flexibility index (Phi) is 6.33. The maximum atomic E-state index is 10.7. The lowest BCUT2D eigenvalue weighted by Crippen LogP contribution is -2.03. The van der Waals surface area contributed by atoms with Crippen molar-refractivity contribution in [3.8, 4) is 6.07 Å². The van der Waals surface area contributed by atoms with Gasteiger partial charge in [-0.1, -0.05) is 0 Å². The molecule has 0 atom stereocenters. The first-order valence-corrected chi connectivity index (χ1v) is 6.10. The highest BCUT2D eigenvalue weighted by molar-refractivity contribution is 5.58. The number of rotatable bonds is 8. The highest BCUT2D eigenvalue weighted by Crippen LogP contribution is 2.21. The molecule has 1 N–H and O–H groups in total. The molecule has 6 heteroatoms. The van der Waals surface area contributed by atoms with E-state index in [0.29, 0.717) is 0 Å². The third-order valence-electron chi connectivity index (χ3n) is 2.67. The maximum Gasteiger partial charge on any atom is 0.287 e. The minimum absolute atomic E-state index is 0.0781. The second-order valence-electron chi connectivity index (χ2n) is 4.08. The van der Waals surface area contributed by atoms with Crippen molar-refractivity contribution in [3.05, 3.63) is 33.9 Å². The minimum atomic E-state index is -0.549. The topological polar surface area (TPSA) is 88.2 Å². The van der Waals surface area contributed by atoms with E-state index in [1.165, 1.54) is 12.1 Å². The lowest BCUT2D eigenvalue weighted by Gasteiger charge is -2.06. The van der Waals surface area contributed by atoms with Crippen LogP contribution in [0.25, 0.3) is 0 Å². The standard InChI is InChI=1S/C13H17N3O3/c1-19-8-4-2-3-7-15-12-5-6-13(16(17)18)11(9-12)10-14/h5-6,9,15H,2-4,7-8H2,1H3. The fourth-order valence-electron chi connectivity index (χ4n) is 1.68. The van der Waals surface area contributed by atoms with Crippen molar-refractivity contribution >= 4 is 11.4 Å². The largest absolute Gasteiger partial charge is 0.385 e. The number of unbranched alkanes of at least 4 members (excludes halogenated alkanes) is 2. The normalized spacial score (nSPS) is 9.89. The monoisotopic (exact) mass is 263 g/mol. The summed E-state index contributed by atoms with van der Waals surface area (Å²) >= 11 is 0. The number of hydrogen-bond acceptors (Lipinski definition) is 5. The van der Waals surface area contributed by atoms with Crippen molar-refractivity contribution in [2.45, 2.75) is 19.3 Å². The second-order valence-corrected chi connectivity index (χ2v) is 4.08. The SMILES string of the molecule is COCCCCCNc1ccc([N+](=O)[O-])c(C#N)c1.